The minimum absolute atomic E-state index is 0.394. The van der Waals surface area contributed by atoms with Gasteiger partial charge >= 0.3 is 0 Å². The Morgan fingerprint density at radius 3 is 2.00 bits per heavy atom. The first-order valence-electron chi connectivity index (χ1n) is 7.08. The third kappa shape index (κ3) is 5.62. The first-order chi connectivity index (χ1) is 8.90. The predicted octanol–water partition coefficient (Wildman–Crippen LogP) is 2.76. The highest BCUT2D eigenvalue weighted by molar-refractivity contribution is 5.48. The molecule has 19 heavy (non-hydrogen) atoms. The van der Waals surface area contributed by atoms with Gasteiger partial charge in [0, 0.05) is 25.3 Å². The molecule has 0 saturated heterocycles. The standard InChI is InChI=1S/C16H28N2O/c1-13(2)12-18(11-10-17(4)5)16-8-6-15(7-9-16)14(3)19/h6-9,13-14,19H,10-12H2,1-5H3. The third-order valence-electron chi connectivity index (χ3n) is 3.14. The molecule has 1 aromatic rings. The fraction of sp³-hybridized carbons (Fsp3) is 0.625. The second-order valence-corrected chi connectivity index (χ2v) is 5.91. The van der Waals surface area contributed by atoms with Crippen molar-refractivity contribution in [2.45, 2.75) is 26.9 Å². The van der Waals surface area contributed by atoms with Crippen LogP contribution in [0.2, 0.25) is 0 Å². The van der Waals surface area contributed by atoms with Gasteiger partial charge in [-0.25, -0.2) is 0 Å². The summed E-state index contributed by atoms with van der Waals surface area (Å²) in [5, 5.41) is 9.55. The first kappa shape index (κ1) is 16.0. The average Bonchev–Trinajstić information content (AvgIpc) is 2.34. The van der Waals surface area contributed by atoms with E-state index >= 15 is 0 Å². The molecule has 0 aliphatic rings. The van der Waals surface area contributed by atoms with E-state index in [4.69, 9.17) is 0 Å². The molecular weight excluding hydrogens is 236 g/mol. The number of benzene rings is 1. The summed E-state index contributed by atoms with van der Waals surface area (Å²) in [6.45, 7) is 9.42. The SMILES string of the molecule is CC(C)CN(CCN(C)C)c1ccc(C(C)O)cc1. The molecule has 3 nitrogen and oxygen atoms in total. The van der Waals surface area contributed by atoms with Crippen LogP contribution >= 0.6 is 0 Å². The van der Waals surface area contributed by atoms with E-state index in [0.29, 0.717) is 5.92 Å². The number of likely N-dealkylation sites (N-methyl/N-ethyl adjacent to an activating group) is 1. The van der Waals surface area contributed by atoms with Crippen LogP contribution in [0, 0.1) is 5.92 Å². The van der Waals surface area contributed by atoms with E-state index in [9.17, 15) is 5.11 Å². The second kappa shape index (κ2) is 7.51. The molecule has 0 aromatic heterocycles. The third-order valence-corrected chi connectivity index (χ3v) is 3.14. The van der Waals surface area contributed by atoms with Gasteiger partial charge in [0.2, 0.25) is 0 Å². The van der Waals surface area contributed by atoms with Crippen LogP contribution in [0.1, 0.15) is 32.4 Å². The Hall–Kier alpha value is -1.06. The Bertz CT molecular complexity index is 358. The second-order valence-electron chi connectivity index (χ2n) is 5.91. The summed E-state index contributed by atoms with van der Waals surface area (Å²) in [6.07, 6.45) is -0.394. The molecule has 0 heterocycles. The number of hydrogen-bond donors (Lipinski definition) is 1. The number of aliphatic hydroxyl groups is 1. The summed E-state index contributed by atoms with van der Waals surface area (Å²) in [6, 6.07) is 8.26. The van der Waals surface area contributed by atoms with Crippen molar-refractivity contribution in [3.63, 3.8) is 0 Å². The van der Waals surface area contributed by atoms with Gasteiger partial charge in [-0.2, -0.15) is 0 Å². The molecule has 0 radical (unpaired) electrons. The smallest absolute Gasteiger partial charge is 0.0761 e. The molecule has 0 aliphatic heterocycles. The maximum absolute atomic E-state index is 9.55. The maximum atomic E-state index is 9.55. The van der Waals surface area contributed by atoms with Gasteiger partial charge in [0.1, 0.15) is 0 Å². The van der Waals surface area contributed by atoms with E-state index in [1.807, 2.05) is 12.1 Å². The van der Waals surface area contributed by atoms with Crippen molar-refractivity contribution in [1.29, 1.82) is 0 Å². The van der Waals surface area contributed by atoms with Gasteiger partial charge in [-0.15, -0.1) is 0 Å². The molecule has 0 aliphatic carbocycles. The minimum atomic E-state index is -0.394. The lowest BCUT2D eigenvalue weighted by molar-refractivity contribution is 0.199. The van der Waals surface area contributed by atoms with Crippen LogP contribution in [0.4, 0.5) is 5.69 Å². The summed E-state index contributed by atoms with van der Waals surface area (Å²) >= 11 is 0. The van der Waals surface area contributed by atoms with Gasteiger partial charge < -0.3 is 14.9 Å². The van der Waals surface area contributed by atoms with Gasteiger partial charge in [-0.1, -0.05) is 26.0 Å². The van der Waals surface area contributed by atoms with E-state index in [2.05, 4.69) is 49.9 Å². The molecule has 0 fully saturated rings. The number of rotatable bonds is 7. The van der Waals surface area contributed by atoms with Crippen LogP contribution in [-0.2, 0) is 0 Å². The highest BCUT2D eigenvalue weighted by Gasteiger charge is 2.09. The highest BCUT2D eigenvalue weighted by atomic mass is 16.3. The molecule has 0 bridgehead atoms. The van der Waals surface area contributed by atoms with Gasteiger partial charge in [0.15, 0.2) is 0 Å². The summed E-state index contributed by atoms with van der Waals surface area (Å²) in [5.41, 5.74) is 2.21. The number of hydrogen-bond acceptors (Lipinski definition) is 3. The van der Waals surface area contributed by atoms with Gasteiger partial charge in [-0.05, 0) is 44.6 Å². The fourth-order valence-electron chi connectivity index (χ4n) is 2.05. The van der Waals surface area contributed by atoms with Crippen LogP contribution in [0.25, 0.3) is 0 Å². The zero-order chi connectivity index (χ0) is 14.4. The summed E-state index contributed by atoms with van der Waals surface area (Å²) in [7, 11) is 4.20. The molecule has 1 aromatic carbocycles. The van der Waals surface area contributed by atoms with Gasteiger partial charge in [0.25, 0.3) is 0 Å². The summed E-state index contributed by atoms with van der Waals surface area (Å²) in [5.74, 6) is 0.638. The molecular formula is C16H28N2O. The van der Waals surface area contributed by atoms with Crippen LogP contribution < -0.4 is 4.90 Å². The number of nitrogens with zero attached hydrogens (tertiary/aromatic N) is 2. The molecule has 1 unspecified atom stereocenters. The lowest BCUT2D eigenvalue weighted by Crippen LogP contribution is -2.34. The maximum Gasteiger partial charge on any atom is 0.0761 e. The van der Waals surface area contributed by atoms with Gasteiger partial charge in [0.05, 0.1) is 6.10 Å². The van der Waals surface area contributed by atoms with E-state index in [-0.39, 0.29) is 0 Å². The molecule has 0 amide bonds. The number of aliphatic hydroxyl groups excluding tert-OH is 1. The van der Waals surface area contributed by atoms with Crippen LogP contribution in [-0.4, -0.2) is 43.7 Å². The van der Waals surface area contributed by atoms with Crippen molar-refractivity contribution < 1.29 is 5.11 Å². The Kier molecular flexibility index (Phi) is 6.32. The fourth-order valence-corrected chi connectivity index (χ4v) is 2.05. The largest absolute Gasteiger partial charge is 0.389 e. The monoisotopic (exact) mass is 264 g/mol. The van der Waals surface area contributed by atoms with Crippen molar-refractivity contribution >= 4 is 5.69 Å². The van der Waals surface area contributed by atoms with Crippen molar-refractivity contribution in [3.8, 4) is 0 Å². The summed E-state index contributed by atoms with van der Waals surface area (Å²) < 4.78 is 0. The van der Waals surface area contributed by atoms with Crippen molar-refractivity contribution in [3.05, 3.63) is 29.8 Å². The Morgan fingerprint density at radius 1 is 1.00 bits per heavy atom. The molecule has 1 rings (SSSR count). The van der Waals surface area contributed by atoms with E-state index < -0.39 is 6.10 Å². The van der Waals surface area contributed by atoms with E-state index in [0.717, 1.165) is 25.2 Å². The highest BCUT2D eigenvalue weighted by Crippen LogP contribution is 2.20. The molecule has 108 valence electrons. The topological polar surface area (TPSA) is 26.7 Å². The van der Waals surface area contributed by atoms with Crippen LogP contribution in [0.15, 0.2) is 24.3 Å². The zero-order valence-electron chi connectivity index (χ0n) is 12.9. The van der Waals surface area contributed by atoms with Crippen LogP contribution in [0.3, 0.4) is 0 Å². The van der Waals surface area contributed by atoms with E-state index in [1.165, 1.54) is 5.69 Å². The zero-order valence-corrected chi connectivity index (χ0v) is 12.9. The molecule has 0 saturated carbocycles. The Morgan fingerprint density at radius 2 is 1.58 bits per heavy atom. The minimum Gasteiger partial charge on any atom is -0.389 e. The Balaban J connectivity index is 2.77. The van der Waals surface area contributed by atoms with Crippen LogP contribution in [0.5, 0.6) is 0 Å². The molecule has 3 heteroatoms. The Labute approximate surface area is 117 Å². The summed E-state index contributed by atoms with van der Waals surface area (Å²) in [4.78, 5) is 4.62. The molecule has 1 N–H and O–H groups in total. The van der Waals surface area contributed by atoms with Gasteiger partial charge in [-0.3, -0.25) is 0 Å². The lowest BCUT2D eigenvalue weighted by atomic mass is 10.1. The van der Waals surface area contributed by atoms with Crippen molar-refractivity contribution in [2.75, 3.05) is 38.6 Å². The van der Waals surface area contributed by atoms with Crippen molar-refractivity contribution in [2.24, 2.45) is 5.92 Å². The predicted molar refractivity (Wildman–Crippen MR) is 82.7 cm³/mol. The normalized spacial score (nSPS) is 13.1. The lowest BCUT2D eigenvalue weighted by Gasteiger charge is -2.28. The average molecular weight is 264 g/mol. The first-order valence-corrected chi connectivity index (χ1v) is 7.08. The quantitative estimate of drug-likeness (QED) is 0.820. The van der Waals surface area contributed by atoms with Crippen molar-refractivity contribution in [1.82, 2.24) is 4.90 Å². The molecule has 1 atom stereocenters. The molecule has 0 spiro atoms. The van der Waals surface area contributed by atoms with E-state index in [1.54, 1.807) is 6.92 Å². The number of anilines is 1.